The topological polar surface area (TPSA) is 123 Å². The van der Waals surface area contributed by atoms with Gasteiger partial charge in [0.1, 0.15) is 52.6 Å². The fraction of sp³-hybridized carbons (Fsp3) is 0.276. The van der Waals surface area contributed by atoms with E-state index < -0.39 is 11.6 Å². The van der Waals surface area contributed by atoms with Crippen LogP contribution in [0.2, 0.25) is 0 Å². The molecule has 40 heavy (non-hydrogen) atoms. The molecule has 204 valence electrons. The minimum absolute atomic E-state index is 0.0532. The van der Waals surface area contributed by atoms with Gasteiger partial charge in [-0.15, -0.1) is 0 Å². The second-order valence-corrected chi connectivity index (χ2v) is 9.92. The van der Waals surface area contributed by atoms with Crippen molar-refractivity contribution in [3.63, 3.8) is 0 Å². The Kier molecular flexibility index (Phi) is 7.42. The average molecular weight is 544 g/mol. The Hall–Kier alpha value is -4.85. The van der Waals surface area contributed by atoms with Crippen molar-refractivity contribution in [2.24, 2.45) is 5.92 Å². The summed E-state index contributed by atoms with van der Waals surface area (Å²) in [6, 6.07) is 11.6. The number of nitrogens with two attached hydrogens (primary N) is 1. The standard InChI is InChI=1S/C29H27F2N7O2/c1-17(2)11-18(14-32)29(39)37-10-4-6-20(37)15-38-28-25(27(33)34-16-35-28)26(36-38)23-9-8-22(13-24(23)31)40-21-7-3-5-19(30)12-21/h3,5,7-9,11-13,16-17,20H,4,6,10,15H2,1-2H3,(H2,33,34,35)/b18-11+/t20-/m1/s1. The average Bonchev–Trinajstić information content (AvgIpc) is 3.53. The molecule has 5 rings (SSSR count). The Balaban J connectivity index is 1.47. The van der Waals surface area contributed by atoms with Crippen molar-refractivity contribution >= 4 is 22.8 Å². The van der Waals surface area contributed by atoms with Crippen LogP contribution in [0.3, 0.4) is 0 Å². The maximum Gasteiger partial charge on any atom is 0.264 e. The number of benzene rings is 2. The highest BCUT2D eigenvalue weighted by atomic mass is 19.1. The van der Waals surface area contributed by atoms with Crippen molar-refractivity contribution in [1.29, 1.82) is 5.26 Å². The molecule has 2 aromatic heterocycles. The zero-order valence-electron chi connectivity index (χ0n) is 22.0. The molecule has 2 aromatic carbocycles. The fourth-order valence-electron chi connectivity index (χ4n) is 4.90. The van der Waals surface area contributed by atoms with Crippen LogP contribution in [0.5, 0.6) is 11.5 Å². The number of likely N-dealkylation sites (tertiary alicyclic amines) is 1. The van der Waals surface area contributed by atoms with E-state index in [1.807, 2.05) is 19.9 Å². The van der Waals surface area contributed by atoms with E-state index in [1.54, 1.807) is 27.8 Å². The van der Waals surface area contributed by atoms with Crippen molar-refractivity contribution in [2.45, 2.75) is 39.3 Å². The molecule has 2 N–H and O–H groups in total. The molecule has 4 aromatic rings. The first kappa shape index (κ1) is 26.7. The lowest BCUT2D eigenvalue weighted by Gasteiger charge is -2.24. The molecule has 1 fully saturated rings. The summed E-state index contributed by atoms with van der Waals surface area (Å²) in [5, 5.41) is 14.6. The number of fused-ring (bicyclic) bond motifs is 1. The lowest BCUT2D eigenvalue weighted by Crippen LogP contribution is -2.39. The smallest absolute Gasteiger partial charge is 0.264 e. The monoisotopic (exact) mass is 543 g/mol. The number of anilines is 1. The molecule has 11 heteroatoms. The van der Waals surface area contributed by atoms with Gasteiger partial charge in [0.05, 0.1) is 18.0 Å². The highest BCUT2D eigenvalue weighted by molar-refractivity contribution is 5.99. The summed E-state index contributed by atoms with van der Waals surface area (Å²) in [5.74, 6) is -0.803. The second kappa shape index (κ2) is 11.1. The van der Waals surface area contributed by atoms with E-state index in [4.69, 9.17) is 10.5 Å². The molecule has 0 saturated carbocycles. The molecule has 1 saturated heterocycles. The molecule has 1 aliphatic rings. The van der Waals surface area contributed by atoms with Gasteiger partial charge in [0.25, 0.3) is 5.91 Å². The third-order valence-corrected chi connectivity index (χ3v) is 6.66. The van der Waals surface area contributed by atoms with Gasteiger partial charge in [0, 0.05) is 24.2 Å². The molecule has 9 nitrogen and oxygen atoms in total. The minimum Gasteiger partial charge on any atom is -0.457 e. The minimum atomic E-state index is -0.626. The first-order chi connectivity index (χ1) is 19.2. The molecule has 0 aliphatic carbocycles. The number of hydrogen-bond acceptors (Lipinski definition) is 7. The summed E-state index contributed by atoms with van der Waals surface area (Å²) < 4.78 is 36.1. The van der Waals surface area contributed by atoms with Gasteiger partial charge in [0.15, 0.2) is 5.65 Å². The van der Waals surface area contributed by atoms with Gasteiger partial charge in [-0.25, -0.2) is 23.4 Å². The van der Waals surface area contributed by atoms with Gasteiger partial charge in [-0.3, -0.25) is 4.79 Å². The van der Waals surface area contributed by atoms with Crippen LogP contribution >= 0.6 is 0 Å². The zero-order chi connectivity index (χ0) is 28.4. The number of aromatic nitrogens is 4. The van der Waals surface area contributed by atoms with E-state index in [0.717, 1.165) is 6.42 Å². The highest BCUT2D eigenvalue weighted by Crippen LogP contribution is 2.35. The lowest BCUT2D eigenvalue weighted by atomic mass is 10.1. The van der Waals surface area contributed by atoms with Crippen LogP contribution in [0.4, 0.5) is 14.6 Å². The van der Waals surface area contributed by atoms with E-state index in [0.29, 0.717) is 24.0 Å². The van der Waals surface area contributed by atoms with E-state index in [-0.39, 0.29) is 58.6 Å². The number of rotatable bonds is 7. The molecule has 1 atom stereocenters. The maximum absolute atomic E-state index is 15.4. The van der Waals surface area contributed by atoms with Crippen molar-refractivity contribution in [2.75, 3.05) is 12.3 Å². The van der Waals surface area contributed by atoms with Crippen LogP contribution in [-0.2, 0) is 11.3 Å². The van der Waals surface area contributed by atoms with Crippen LogP contribution < -0.4 is 10.5 Å². The van der Waals surface area contributed by atoms with Crippen molar-refractivity contribution in [3.8, 4) is 28.8 Å². The molecule has 0 bridgehead atoms. The number of nitrogens with zero attached hydrogens (tertiary/aromatic N) is 6. The molecule has 0 radical (unpaired) electrons. The van der Waals surface area contributed by atoms with E-state index in [2.05, 4.69) is 15.1 Å². The highest BCUT2D eigenvalue weighted by Gasteiger charge is 2.32. The summed E-state index contributed by atoms with van der Waals surface area (Å²) in [7, 11) is 0. The number of carbonyl (C=O) groups is 1. The van der Waals surface area contributed by atoms with Gasteiger partial charge >= 0.3 is 0 Å². The number of nitriles is 1. The summed E-state index contributed by atoms with van der Waals surface area (Å²) >= 11 is 0. The Bertz CT molecular complexity index is 1660. The molecule has 0 spiro atoms. The van der Waals surface area contributed by atoms with Gasteiger partial charge in [0.2, 0.25) is 0 Å². The Morgan fingerprint density at radius 3 is 2.75 bits per heavy atom. The summed E-state index contributed by atoms with van der Waals surface area (Å²) in [6.07, 6.45) is 4.46. The lowest BCUT2D eigenvalue weighted by molar-refractivity contribution is -0.127. The normalized spacial score (nSPS) is 15.6. The number of amides is 1. The van der Waals surface area contributed by atoms with E-state index in [9.17, 15) is 14.4 Å². The van der Waals surface area contributed by atoms with Crippen LogP contribution in [0, 0.1) is 28.9 Å². The second-order valence-electron chi connectivity index (χ2n) is 9.92. The number of ether oxygens (including phenoxy) is 1. The number of hydrogen-bond donors (Lipinski definition) is 1. The number of allylic oxidation sites excluding steroid dienone is 1. The number of halogens is 2. The first-order valence-corrected chi connectivity index (χ1v) is 12.9. The largest absolute Gasteiger partial charge is 0.457 e. The van der Waals surface area contributed by atoms with Gasteiger partial charge < -0.3 is 15.4 Å². The SMILES string of the molecule is CC(C)/C=C(\C#N)C(=O)N1CCC[C@@H]1Cn1nc(-c2ccc(Oc3cccc(F)c3)cc2F)c2c(N)ncnc21. The molecular weight excluding hydrogens is 516 g/mol. The molecule has 3 heterocycles. The van der Waals surface area contributed by atoms with Crippen LogP contribution in [0.15, 0.2) is 60.4 Å². The Labute approximate surface area is 229 Å². The van der Waals surface area contributed by atoms with Crippen molar-refractivity contribution in [1.82, 2.24) is 24.6 Å². The molecule has 1 aliphatic heterocycles. The van der Waals surface area contributed by atoms with Crippen LogP contribution in [-0.4, -0.2) is 43.1 Å². The predicted molar refractivity (Wildman–Crippen MR) is 145 cm³/mol. The van der Waals surface area contributed by atoms with Gasteiger partial charge in [-0.1, -0.05) is 26.0 Å². The van der Waals surface area contributed by atoms with Gasteiger partial charge in [-0.05, 0) is 43.0 Å². The van der Waals surface area contributed by atoms with E-state index in [1.165, 1.54) is 36.7 Å². The third-order valence-electron chi connectivity index (χ3n) is 6.66. The maximum atomic E-state index is 15.4. The van der Waals surface area contributed by atoms with E-state index >= 15 is 4.39 Å². The fourth-order valence-corrected chi connectivity index (χ4v) is 4.90. The zero-order valence-corrected chi connectivity index (χ0v) is 22.0. The number of nitrogen functional groups attached to an aromatic ring is 1. The Morgan fingerprint density at radius 1 is 1.23 bits per heavy atom. The predicted octanol–water partition coefficient (Wildman–Crippen LogP) is 5.24. The molecular formula is C29H27F2N7O2. The molecule has 1 amide bonds. The third kappa shape index (κ3) is 5.33. The summed E-state index contributed by atoms with van der Waals surface area (Å²) in [5.41, 5.74) is 7.11. The summed E-state index contributed by atoms with van der Waals surface area (Å²) in [6.45, 7) is 4.62. The van der Waals surface area contributed by atoms with Gasteiger partial charge in [-0.2, -0.15) is 10.4 Å². The summed E-state index contributed by atoms with van der Waals surface area (Å²) in [4.78, 5) is 23.3. The van der Waals surface area contributed by atoms with Crippen molar-refractivity contribution in [3.05, 3.63) is 72.1 Å². The quantitative estimate of drug-likeness (QED) is 0.250. The Morgan fingerprint density at radius 2 is 2.02 bits per heavy atom. The van der Waals surface area contributed by atoms with Crippen LogP contribution in [0.1, 0.15) is 26.7 Å². The first-order valence-electron chi connectivity index (χ1n) is 12.9. The van der Waals surface area contributed by atoms with Crippen LogP contribution in [0.25, 0.3) is 22.3 Å². The van der Waals surface area contributed by atoms with Crippen molar-refractivity contribution < 1.29 is 18.3 Å². The number of carbonyl (C=O) groups excluding carboxylic acids is 1. The molecule has 0 unspecified atom stereocenters.